The summed E-state index contributed by atoms with van der Waals surface area (Å²) in [5, 5.41) is 2.82. The van der Waals surface area contributed by atoms with E-state index in [1.54, 1.807) is 0 Å². The number of nitrogens with two attached hydrogens (primary N) is 1. The van der Waals surface area contributed by atoms with Crippen molar-refractivity contribution in [3.8, 4) is 0 Å². The van der Waals surface area contributed by atoms with Gasteiger partial charge in [-0.3, -0.25) is 0 Å². The summed E-state index contributed by atoms with van der Waals surface area (Å²) in [5.74, 6) is -2.05. The number of nitrogens with one attached hydrogen (secondary N) is 1. The molecule has 1 heterocycles. The van der Waals surface area contributed by atoms with Gasteiger partial charge >= 0.3 is 0 Å². The first kappa shape index (κ1) is 12.3. The molecule has 0 saturated heterocycles. The zero-order valence-corrected chi connectivity index (χ0v) is 10.1. The molecule has 18 heavy (non-hydrogen) atoms. The van der Waals surface area contributed by atoms with Crippen LogP contribution in [0.4, 0.5) is 26.1 Å². The fourth-order valence-electron chi connectivity index (χ4n) is 1.57. The minimum absolute atomic E-state index is 0.0809. The highest BCUT2D eigenvalue weighted by Crippen LogP contribution is 2.24. The molecule has 0 fully saturated rings. The molecule has 1 aromatic carbocycles. The number of halogens is 2. The lowest BCUT2D eigenvalue weighted by Gasteiger charge is -2.11. The molecule has 2 rings (SSSR count). The SMILES string of the molecule is Cc1ccc(C)c(Nc2nc(N)c(F)cc2F)c1. The molecule has 0 radical (unpaired) electrons. The summed E-state index contributed by atoms with van der Waals surface area (Å²) in [5.41, 5.74) is 7.99. The zero-order valence-electron chi connectivity index (χ0n) is 10.1. The molecule has 0 atom stereocenters. The van der Waals surface area contributed by atoms with Gasteiger partial charge in [0.05, 0.1) is 0 Å². The highest BCUT2D eigenvalue weighted by atomic mass is 19.1. The van der Waals surface area contributed by atoms with E-state index in [2.05, 4.69) is 10.3 Å². The number of aryl methyl sites for hydroxylation is 2. The van der Waals surface area contributed by atoms with Crippen LogP contribution in [0.1, 0.15) is 11.1 Å². The van der Waals surface area contributed by atoms with E-state index in [0.29, 0.717) is 5.69 Å². The summed E-state index contributed by atoms with van der Waals surface area (Å²) < 4.78 is 26.5. The predicted octanol–water partition coefficient (Wildman–Crippen LogP) is 3.30. The van der Waals surface area contributed by atoms with Crippen LogP contribution in [0.2, 0.25) is 0 Å². The van der Waals surface area contributed by atoms with E-state index < -0.39 is 11.6 Å². The van der Waals surface area contributed by atoms with Crippen LogP contribution in [-0.2, 0) is 0 Å². The van der Waals surface area contributed by atoms with Crippen molar-refractivity contribution in [3.63, 3.8) is 0 Å². The molecule has 1 aromatic heterocycles. The lowest BCUT2D eigenvalue weighted by molar-refractivity contribution is 0.581. The van der Waals surface area contributed by atoms with Crippen LogP contribution in [0.3, 0.4) is 0 Å². The third-order valence-electron chi connectivity index (χ3n) is 2.60. The minimum atomic E-state index is -0.862. The second-order valence-corrected chi connectivity index (χ2v) is 4.13. The smallest absolute Gasteiger partial charge is 0.169 e. The predicted molar refractivity (Wildman–Crippen MR) is 67.8 cm³/mol. The molecule has 0 unspecified atom stereocenters. The molecule has 0 bridgehead atoms. The van der Waals surface area contributed by atoms with Crippen molar-refractivity contribution < 1.29 is 8.78 Å². The average Bonchev–Trinajstić information content (AvgIpc) is 2.30. The Bertz CT molecular complexity index is 597. The lowest BCUT2D eigenvalue weighted by Crippen LogP contribution is -2.04. The van der Waals surface area contributed by atoms with Crippen molar-refractivity contribution in [3.05, 3.63) is 47.0 Å². The van der Waals surface area contributed by atoms with Gasteiger partial charge in [-0.1, -0.05) is 12.1 Å². The summed E-state index contributed by atoms with van der Waals surface area (Å²) in [6.07, 6.45) is 0. The first-order valence-electron chi connectivity index (χ1n) is 5.43. The minimum Gasteiger partial charge on any atom is -0.381 e. The van der Waals surface area contributed by atoms with Crippen LogP contribution in [-0.4, -0.2) is 4.98 Å². The van der Waals surface area contributed by atoms with Gasteiger partial charge in [-0.15, -0.1) is 0 Å². The molecule has 0 saturated carbocycles. The standard InChI is InChI=1S/C13H13F2N3/c1-7-3-4-8(2)11(5-7)17-13-10(15)6-9(14)12(16)18-13/h3-6H,1-2H3,(H3,16,17,18). The van der Waals surface area contributed by atoms with E-state index in [4.69, 9.17) is 5.73 Å². The largest absolute Gasteiger partial charge is 0.381 e. The molecule has 3 nitrogen and oxygen atoms in total. The fraction of sp³-hybridized carbons (Fsp3) is 0.154. The summed E-state index contributed by atoms with van der Waals surface area (Å²) in [6.45, 7) is 3.81. The van der Waals surface area contributed by atoms with Crippen molar-refractivity contribution in [2.75, 3.05) is 11.1 Å². The number of hydrogen-bond acceptors (Lipinski definition) is 3. The monoisotopic (exact) mass is 249 g/mol. The Morgan fingerprint density at radius 2 is 1.83 bits per heavy atom. The molecule has 0 amide bonds. The number of nitrogens with zero attached hydrogens (tertiary/aromatic N) is 1. The number of benzene rings is 1. The maximum atomic E-state index is 13.5. The molecular weight excluding hydrogens is 236 g/mol. The summed E-state index contributed by atoms with van der Waals surface area (Å²) in [7, 11) is 0. The van der Waals surface area contributed by atoms with Crippen LogP contribution in [0.5, 0.6) is 0 Å². The zero-order chi connectivity index (χ0) is 13.3. The van der Waals surface area contributed by atoms with Gasteiger partial charge in [0.1, 0.15) is 0 Å². The van der Waals surface area contributed by atoms with Crippen LogP contribution < -0.4 is 11.1 Å². The van der Waals surface area contributed by atoms with Gasteiger partial charge in [0.2, 0.25) is 0 Å². The molecular formula is C13H13F2N3. The highest BCUT2D eigenvalue weighted by Gasteiger charge is 2.10. The Morgan fingerprint density at radius 3 is 2.56 bits per heavy atom. The molecule has 5 heteroatoms. The number of hydrogen-bond donors (Lipinski definition) is 2. The van der Waals surface area contributed by atoms with Gasteiger partial charge < -0.3 is 11.1 Å². The van der Waals surface area contributed by atoms with Crippen molar-refractivity contribution in [2.24, 2.45) is 0 Å². The number of rotatable bonds is 2. The highest BCUT2D eigenvalue weighted by molar-refractivity contribution is 5.62. The fourth-order valence-corrected chi connectivity index (χ4v) is 1.57. The average molecular weight is 249 g/mol. The van der Waals surface area contributed by atoms with E-state index >= 15 is 0 Å². The van der Waals surface area contributed by atoms with Gasteiger partial charge in [0.25, 0.3) is 0 Å². The lowest BCUT2D eigenvalue weighted by atomic mass is 10.1. The van der Waals surface area contributed by atoms with E-state index in [9.17, 15) is 8.78 Å². The maximum absolute atomic E-state index is 13.5. The molecule has 0 aliphatic rings. The first-order chi connectivity index (χ1) is 8.47. The van der Waals surface area contributed by atoms with Crippen molar-refractivity contribution in [1.82, 2.24) is 4.98 Å². The van der Waals surface area contributed by atoms with E-state index in [1.807, 2.05) is 32.0 Å². The molecule has 0 aliphatic heterocycles. The van der Waals surface area contributed by atoms with Crippen molar-refractivity contribution in [2.45, 2.75) is 13.8 Å². The van der Waals surface area contributed by atoms with Crippen molar-refractivity contribution in [1.29, 1.82) is 0 Å². The van der Waals surface area contributed by atoms with Crippen LogP contribution in [0.15, 0.2) is 24.3 Å². The van der Waals surface area contributed by atoms with Gasteiger partial charge in [-0.05, 0) is 31.0 Å². The first-order valence-corrected chi connectivity index (χ1v) is 5.43. The quantitative estimate of drug-likeness (QED) is 0.858. The Hall–Kier alpha value is -2.17. The third-order valence-corrected chi connectivity index (χ3v) is 2.60. The Balaban J connectivity index is 2.40. The van der Waals surface area contributed by atoms with Crippen LogP contribution in [0, 0.1) is 25.5 Å². The van der Waals surface area contributed by atoms with E-state index in [0.717, 1.165) is 17.2 Å². The second-order valence-electron chi connectivity index (χ2n) is 4.13. The number of pyridine rings is 1. The number of nitrogen functional groups attached to an aromatic ring is 1. The van der Waals surface area contributed by atoms with Gasteiger partial charge in [0.15, 0.2) is 23.3 Å². The van der Waals surface area contributed by atoms with Crippen LogP contribution >= 0.6 is 0 Å². The number of aromatic nitrogens is 1. The van der Waals surface area contributed by atoms with Gasteiger partial charge in [-0.2, -0.15) is 0 Å². The summed E-state index contributed by atoms with van der Waals surface area (Å²) in [6, 6.07) is 6.43. The van der Waals surface area contributed by atoms with Crippen LogP contribution in [0.25, 0.3) is 0 Å². The Kier molecular flexibility index (Phi) is 3.14. The topological polar surface area (TPSA) is 50.9 Å². The molecule has 0 aliphatic carbocycles. The molecule has 3 N–H and O–H groups in total. The van der Waals surface area contributed by atoms with Gasteiger partial charge in [-0.25, -0.2) is 13.8 Å². The Labute approximate surface area is 104 Å². The number of anilines is 3. The summed E-state index contributed by atoms with van der Waals surface area (Å²) in [4.78, 5) is 3.65. The second kappa shape index (κ2) is 4.60. The van der Waals surface area contributed by atoms with E-state index in [1.165, 1.54) is 0 Å². The maximum Gasteiger partial charge on any atom is 0.169 e. The Morgan fingerprint density at radius 1 is 1.11 bits per heavy atom. The normalized spacial score (nSPS) is 10.4. The van der Waals surface area contributed by atoms with Gasteiger partial charge in [0, 0.05) is 11.8 Å². The van der Waals surface area contributed by atoms with E-state index in [-0.39, 0.29) is 11.6 Å². The molecule has 0 spiro atoms. The van der Waals surface area contributed by atoms with Crippen molar-refractivity contribution >= 4 is 17.3 Å². The molecule has 2 aromatic rings. The third kappa shape index (κ3) is 2.40. The molecule has 94 valence electrons. The summed E-state index contributed by atoms with van der Waals surface area (Å²) >= 11 is 0.